The molecule has 24 heavy (non-hydrogen) atoms. The number of ketones is 1. The van der Waals surface area contributed by atoms with E-state index in [1.165, 1.54) is 12.8 Å². The Hall–Kier alpha value is -1.62. The Morgan fingerprint density at radius 3 is 2.54 bits per heavy atom. The summed E-state index contributed by atoms with van der Waals surface area (Å²) in [5.74, 6) is 0.109. The minimum Gasteiger partial charge on any atom is -0.344 e. The zero-order valence-corrected chi connectivity index (χ0v) is 16.3. The summed E-state index contributed by atoms with van der Waals surface area (Å²) in [6.45, 7) is 4.45. The zero-order valence-electron chi connectivity index (χ0n) is 14.1. The average Bonchev–Trinajstić information content (AvgIpc) is 2.99. The van der Waals surface area contributed by atoms with Gasteiger partial charge < -0.3 is 4.57 Å². The molecular formula is C21H22INO. The molecule has 0 N–H and O–H groups in total. The van der Waals surface area contributed by atoms with Crippen LogP contribution in [0, 0.1) is 3.57 Å². The van der Waals surface area contributed by atoms with Crippen molar-refractivity contribution < 1.29 is 4.79 Å². The molecule has 3 aromatic rings. The van der Waals surface area contributed by atoms with E-state index in [9.17, 15) is 4.79 Å². The number of hydrogen-bond donors (Lipinski definition) is 0. The fourth-order valence-corrected chi connectivity index (χ4v) is 3.81. The SMILES string of the molecule is CCCCC(C)n1cc(C(=O)c2ccccc2I)c2ccccc21. The molecule has 1 atom stereocenters. The first-order valence-corrected chi connectivity index (χ1v) is 9.60. The van der Waals surface area contributed by atoms with E-state index in [1.54, 1.807) is 0 Å². The van der Waals surface area contributed by atoms with Gasteiger partial charge in [0.1, 0.15) is 0 Å². The van der Waals surface area contributed by atoms with Crippen molar-refractivity contribution >= 4 is 39.3 Å². The van der Waals surface area contributed by atoms with E-state index in [1.807, 2.05) is 36.4 Å². The van der Waals surface area contributed by atoms with E-state index in [0.717, 1.165) is 32.0 Å². The first-order valence-electron chi connectivity index (χ1n) is 8.52. The van der Waals surface area contributed by atoms with Crippen LogP contribution in [0.5, 0.6) is 0 Å². The predicted octanol–water partition coefficient (Wildman–Crippen LogP) is 6.23. The molecule has 0 aliphatic heterocycles. The van der Waals surface area contributed by atoms with Gasteiger partial charge in [0.15, 0.2) is 5.78 Å². The van der Waals surface area contributed by atoms with Gasteiger partial charge in [0.2, 0.25) is 0 Å². The molecule has 3 heteroatoms. The largest absolute Gasteiger partial charge is 0.344 e. The molecule has 3 rings (SSSR count). The van der Waals surface area contributed by atoms with E-state index < -0.39 is 0 Å². The van der Waals surface area contributed by atoms with Crippen LogP contribution in [0.4, 0.5) is 0 Å². The maximum Gasteiger partial charge on any atom is 0.196 e. The standard InChI is InChI=1S/C21H22INO/c1-3-4-9-15(2)23-14-18(16-10-6-8-13-20(16)23)21(24)17-11-5-7-12-19(17)22/h5-8,10-15H,3-4,9H2,1-2H3. The molecule has 0 fully saturated rings. The van der Waals surface area contributed by atoms with Gasteiger partial charge in [-0.1, -0.05) is 50.1 Å². The number of fused-ring (bicyclic) bond motifs is 1. The van der Waals surface area contributed by atoms with E-state index >= 15 is 0 Å². The smallest absolute Gasteiger partial charge is 0.196 e. The minimum atomic E-state index is 0.109. The third-order valence-corrected chi connectivity index (χ3v) is 5.49. The minimum absolute atomic E-state index is 0.109. The second-order valence-corrected chi connectivity index (χ2v) is 7.43. The third kappa shape index (κ3) is 3.27. The van der Waals surface area contributed by atoms with Crippen molar-refractivity contribution in [1.82, 2.24) is 4.57 Å². The van der Waals surface area contributed by atoms with Crippen LogP contribution < -0.4 is 0 Å². The van der Waals surface area contributed by atoms with Gasteiger partial charge in [-0.3, -0.25) is 4.79 Å². The van der Waals surface area contributed by atoms with Crippen molar-refractivity contribution in [3.8, 4) is 0 Å². The molecule has 0 saturated carbocycles. The van der Waals surface area contributed by atoms with E-state index in [2.05, 4.69) is 59.3 Å². The molecule has 124 valence electrons. The Kier molecular flexibility index (Phi) is 5.39. The molecule has 1 heterocycles. The summed E-state index contributed by atoms with van der Waals surface area (Å²) in [6.07, 6.45) is 5.58. The Bertz CT molecular complexity index is 865. The number of para-hydroxylation sites is 1. The summed E-state index contributed by atoms with van der Waals surface area (Å²) in [4.78, 5) is 13.1. The highest BCUT2D eigenvalue weighted by atomic mass is 127. The van der Waals surface area contributed by atoms with Crippen LogP contribution in [0.15, 0.2) is 54.7 Å². The van der Waals surface area contributed by atoms with Gasteiger partial charge in [-0.2, -0.15) is 0 Å². The highest BCUT2D eigenvalue weighted by Crippen LogP contribution is 2.29. The molecule has 2 nitrogen and oxygen atoms in total. The summed E-state index contributed by atoms with van der Waals surface area (Å²) in [5.41, 5.74) is 2.73. The number of carbonyl (C=O) groups excluding carboxylic acids is 1. The molecule has 0 bridgehead atoms. The Labute approximate surface area is 157 Å². The Morgan fingerprint density at radius 2 is 1.79 bits per heavy atom. The summed E-state index contributed by atoms with van der Waals surface area (Å²) in [7, 11) is 0. The number of aromatic nitrogens is 1. The van der Waals surface area contributed by atoms with Crippen molar-refractivity contribution in [2.24, 2.45) is 0 Å². The van der Waals surface area contributed by atoms with Gasteiger partial charge in [0.25, 0.3) is 0 Å². The lowest BCUT2D eigenvalue weighted by Crippen LogP contribution is -2.05. The second kappa shape index (κ2) is 7.51. The molecule has 0 amide bonds. The van der Waals surface area contributed by atoms with Crippen LogP contribution in [0.1, 0.15) is 55.1 Å². The Balaban J connectivity index is 2.09. The highest BCUT2D eigenvalue weighted by Gasteiger charge is 2.19. The monoisotopic (exact) mass is 431 g/mol. The summed E-state index contributed by atoms with van der Waals surface area (Å²) in [6, 6.07) is 16.4. The van der Waals surface area contributed by atoms with Crippen molar-refractivity contribution in [1.29, 1.82) is 0 Å². The molecule has 1 aromatic heterocycles. The molecule has 2 aromatic carbocycles. The zero-order chi connectivity index (χ0) is 17.1. The summed E-state index contributed by atoms with van der Waals surface area (Å²) >= 11 is 2.24. The van der Waals surface area contributed by atoms with Crippen LogP contribution in [-0.2, 0) is 0 Å². The normalized spacial score (nSPS) is 12.5. The molecule has 1 unspecified atom stereocenters. The van der Waals surface area contributed by atoms with Crippen LogP contribution >= 0.6 is 22.6 Å². The maximum absolute atomic E-state index is 13.1. The van der Waals surface area contributed by atoms with Gasteiger partial charge in [-0.15, -0.1) is 0 Å². The predicted molar refractivity (Wildman–Crippen MR) is 109 cm³/mol. The van der Waals surface area contributed by atoms with Gasteiger partial charge in [-0.25, -0.2) is 0 Å². The lowest BCUT2D eigenvalue weighted by atomic mass is 10.0. The van der Waals surface area contributed by atoms with Gasteiger partial charge in [0, 0.05) is 37.8 Å². The number of halogens is 1. The highest BCUT2D eigenvalue weighted by molar-refractivity contribution is 14.1. The van der Waals surface area contributed by atoms with E-state index in [0.29, 0.717) is 6.04 Å². The van der Waals surface area contributed by atoms with Crippen LogP contribution in [0.2, 0.25) is 0 Å². The maximum atomic E-state index is 13.1. The fourth-order valence-electron chi connectivity index (χ4n) is 3.18. The number of rotatable bonds is 6. The van der Waals surface area contributed by atoms with Gasteiger partial charge >= 0.3 is 0 Å². The number of nitrogens with zero attached hydrogens (tertiary/aromatic N) is 1. The third-order valence-electron chi connectivity index (χ3n) is 4.55. The Morgan fingerprint density at radius 1 is 1.08 bits per heavy atom. The first kappa shape index (κ1) is 17.2. The molecule has 0 radical (unpaired) electrons. The van der Waals surface area contributed by atoms with Crippen molar-refractivity contribution in [3.05, 3.63) is 69.4 Å². The van der Waals surface area contributed by atoms with Crippen molar-refractivity contribution in [2.75, 3.05) is 0 Å². The molecule has 0 saturated heterocycles. The quantitative estimate of drug-likeness (QED) is 0.335. The molecular weight excluding hydrogens is 409 g/mol. The van der Waals surface area contributed by atoms with E-state index in [4.69, 9.17) is 0 Å². The van der Waals surface area contributed by atoms with Gasteiger partial charge in [0.05, 0.1) is 0 Å². The lowest BCUT2D eigenvalue weighted by molar-refractivity contribution is 0.103. The van der Waals surface area contributed by atoms with Gasteiger partial charge in [-0.05, 0) is 54.1 Å². The fraction of sp³-hybridized carbons (Fsp3) is 0.286. The average molecular weight is 431 g/mol. The van der Waals surface area contributed by atoms with Crippen LogP contribution in [-0.4, -0.2) is 10.4 Å². The number of benzene rings is 2. The number of hydrogen-bond acceptors (Lipinski definition) is 1. The van der Waals surface area contributed by atoms with E-state index in [-0.39, 0.29) is 5.78 Å². The van der Waals surface area contributed by atoms with Crippen LogP contribution in [0.25, 0.3) is 10.9 Å². The summed E-state index contributed by atoms with van der Waals surface area (Å²) < 4.78 is 3.27. The topological polar surface area (TPSA) is 22.0 Å². The second-order valence-electron chi connectivity index (χ2n) is 6.27. The first-order chi connectivity index (χ1) is 11.6. The lowest BCUT2D eigenvalue weighted by Gasteiger charge is -2.14. The molecule has 0 aliphatic rings. The van der Waals surface area contributed by atoms with Crippen LogP contribution in [0.3, 0.4) is 0 Å². The molecule has 0 spiro atoms. The molecule has 0 aliphatic carbocycles. The van der Waals surface area contributed by atoms with Crippen molar-refractivity contribution in [3.63, 3.8) is 0 Å². The van der Waals surface area contributed by atoms with Crippen molar-refractivity contribution in [2.45, 2.75) is 39.2 Å². The number of carbonyl (C=O) groups is 1. The summed E-state index contributed by atoms with van der Waals surface area (Å²) in [5, 5.41) is 1.05. The number of unbranched alkanes of at least 4 members (excludes halogenated alkanes) is 1.